The minimum Gasteiger partial charge on any atom is -0.208 e. The lowest BCUT2D eigenvalue weighted by molar-refractivity contribution is 0.0738. The van der Waals surface area contributed by atoms with E-state index in [1.165, 1.54) is 64.2 Å². The van der Waals surface area contributed by atoms with Crippen molar-refractivity contribution in [1.82, 2.24) is 15.0 Å². The highest BCUT2D eigenvalue weighted by Crippen LogP contribution is 2.58. The molecule has 0 spiro atoms. The van der Waals surface area contributed by atoms with E-state index >= 15 is 0 Å². The molecule has 4 nitrogen and oxygen atoms in total. The molecule has 0 N–H and O–H groups in total. The fourth-order valence-electron chi connectivity index (χ4n) is 12.5. The Morgan fingerprint density at radius 1 is 0.481 bits per heavy atom. The van der Waals surface area contributed by atoms with Crippen LogP contribution in [0.1, 0.15) is 109 Å². The molecule has 0 saturated heterocycles. The summed E-state index contributed by atoms with van der Waals surface area (Å²) in [6, 6.07) is 36.6. The molecule has 5 aromatic rings. The van der Waals surface area contributed by atoms with Crippen LogP contribution >= 0.6 is 0 Å². The number of rotatable bonds is 6. The van der Waals surface area contributed by atoms with Crippen molar-refractivity contribution in [2.24, 2.45) is 35.5 Å². The molecule has 0 radical (unpaired) electrons. The molecule has 8 atom stereocenters. The summed E-state index contributed by atoms with van der Waals surface area (Å²) in [5.41, 5.74) is 9.30. The lowest BCUT2D eigenvalue weighted by atomic mass is 9.52. The Bertz CT molecular complexity index is 2100. The monoisotopic (exact) mass is 710 g/mol. The Labute approximate surface area is 322 Å². The van der Waals surface area contributed by atoms with Gasteiger partial charge in [0.1, 0.15) is 0 Å². The van der Waals surface area contributed by atoms with Gasteiger partial charge in [0.25, 0.3) is 0 Å². The van der Waals surface area contributed by atoms with Gasteiger partial charge in [-0.25, -0.2) is 15.0 Å². The summed E-state index contributed by atoms with van der Waals surface area (Å²) in [5.74, 6) is 6.71. The van der Waals surface area contributed by atoms with Crippen molar-refractivity contribution >= 4 is 0 Å². The van der Waals surface area contributed by atoms with Crippen LogP contribution in [-0.2, 0) is 10.8 Å². The lowest BCUT2D eigenvalue weighted by Gasteiger charge is -2.52. The largest absolute Gasteiger partial charge is 0.208 e. The smallest absolute Gasteiger partial charge is 0.164 e. The minimum atomic E-state index is 0.196. The quantitative estimate of drug-likeness (QED) is 0.176. The van der Waals surface area contributed by atoms with Crippen LogP contribution in [-0.4, -0.2) is 15.0 Å². The van der Waals surface area contributed by atoms with Crippen LogP contribution in [0.5, 0.6) is 0 Å². The van der Waals surface area contributed by atoms with Crippen LogP contribution in [0.4, 0.5) is 0 Å². The second-order valence-corrected chi connectivity index (χ2v) is 18.6. The van der Waals surface area contributed by atoms with Crippen LogP contribution in [0.15, 0.2) is 97.1 Å². The average Bonchev–Trinajstić information content (AvgIpc) is 3.17. The van der Waals surface area contributed by atoms with E-state index in [-0.39, 0.29) is 10.8 Å². The van der Waals surface area contributed by atoms with Gasteiger partial charge in [-0.15, -0.1) is 0 Å². The molecule has 9 rings (SSSR count). The molecule has 4 heteroatoms. The van der Waals surface area contributed by atoms with Gasteiger partial charge >= 0.3 is 0 Å². The predicted octanol–water partition coefficient (Wildman–Crippen LogP) is 12.6. The molecule has 4 aliphatic carbocycles. The van der Waals surface area contributed by atoms with Gasteiger partial charge in [-0.2, -0.15) is 5.26 Å². The molecule has 4 bridgehead atoms. The SMILES string of the molecule is C[C@@H]1C[C@@H]2C[C@H](C)CC(c3cc(-c4nc(-c5ccccc5)nc(-c5ccccc5-c5ccc(C#N)cc5)n4)cc(C45C[C@H](C)C[C@H](C[C@H](C)C4)C5)c3)(C1)C2. The zero-order valence-electron chi connectivity index (χ0n) is 32.6. The molecular formula is C50H54N4. The van der Waals surface area contributed by atoms with Crippen molar-refractivity contribution in [3.8, 4) is 51.4 Å². The number of fused-ring (bicyclic) bond motifs is 4. The van der Waals surface area contributed by atoms with Gasteiger partial charge in [0, 0.05) is 16.7 Å². The van der Waals surface area contributed by atoms with Gasteiger partial charge in [-0.3, -0.25) is 0 Å². The number of benzene rings is 4. The summed E-state index contributed by atoms with van der Waals surface area (Å²) in [5, 5.41) is 9.49. The first kappa shape index (κ1) is 35.1. The van der Waals surface area contributed by atoms with Gasteiger partial charge < -0.3 is 0 Å². The van der Waals surface area contributed by atoms with E-state index in [0.717, 1.165) is 69.1 Å². The van der Waals surface area contributed by atoms with Crippen molar-refractivity contribution in [1.29, 1.82) is 5.26 Å². The minimum absolute atomic E-state index is 0.196. The number of nitrogens with zero attached hydrogens (tertiary/aromatic N) is 4. The summed E-state index contributed by atoms with van der Waals surface area (Å²) in [6.45, 7) is 10.0. The van der Waals surface area contributed by atoms with Gasteiger partial charge in [0.05, 0.1) is 11.6 Å². The number of aromatic nitrogens is 3. The average molecular weight is 711 g/mol. The van der Waals surface area contributed by atoms with Crippen LogP contribution in [0.25, 0.3) is 45.3 Å². The van der Waals surface area contributed by atoms with Crippen molar-refractivity contribution in [2.45, 2.75) is 103 Å². The summed E-state index contributed by atoms with van der Waals surface area (Å²) in [4.78, 5) is 16.0. The van der Waals surface area contributed by atoms with E-state index < -0.39 is 0 Å². The molecule has 0 amide bonds. The van der Waals surface area contributed by atoms with Gasteiger partial charge in [0.2, 0.25) is 0 Å². The van der Waals surface area contributed by atoms with Crippen LogP contribution in [0.2, 0.25) is 0 Å². The first-order valence-electron chi connectivity index (χ1n) is 20.8. The normalized spacial score (nSPS) is 30.4. The van der Waals surface area contributed by atoms with Crippen molar-refractivity contribution in [2.75, 3.05) is 0 Å². The maximum absolute atomic E-state index is 9.49. The molecule has 274 valence electrons. The Morgan fingerprint density at radius 3 is 1.46 bits per heavy atom. The first-order valence-corrected chi connectivity index (χ1v) is 20.8. The van der Waals surface area contributed by atoms with E-state index in [2.05, 4.69) is 100 Å². The second-order valence-electron chi connectivity index (χ2n) is 18.6. The summed E-state index contributed by atoms with van der Waals surface area (Å²) in [7, 11) is 0. The maximum atomic E-state index is 9.49. The zero-order valence-corrected chi connectivity index (χ0v) is 32.6. The highest BCUT2D eigenvalue weighted by molar-refractivity contribution is 5.82. The number of nitriles is 1. The third-order valence-electron chi connectivity index (χ3n) is 13.8. The molecule has 1 heterocycles. The van der Waals surface area contributed by atoms with Gasteiger partial charge in [0.15, 0.2) is 17.5 Å². The Balaban J connectivity index is 1.26. The van der Waals surface area contributed by atoms with Crippen molar-refractivity contribution in [3.63, 3.8) is 0 Å². The van der Waals surface area contributed by atoms with Crippen molar-refractivity contribution in [3.05, 3.63) is 114 Å². The molecule has 1 aromatic heterocycles. The molecule has 4 aliphatic rings. The van der Waals surface area contributed by atoms with Crippen LogP contribution in [0, 0.1) is 46.8 Å². The molecular weight excluding hydrogens is 657 g/mol. The fourth-order valence-corrected chi connectivity index (χ4v) is 12.5. The standard InChI is InChI=1S/C50H54N4/c1-32-18-37-19-33(2)26-49(25-32,29-37)42-22-41(23-43(24-42)50-27-34(3)20-38(30-50)21-35(4)28-50)47-52-46(40-10-6-5-7-11-40)53-48(54-47)45-13-9-8-12-44(45)39-16-14-36(31-51)15-17-39/h5-17,22-24,32-35,37-38H,18-21,25-30H2,1-4H3/t32-,33+,34-,35+,37-,38-,49?,50?. The highest BCUT2D eigenvalue weighted by atomic mass is 15.0. The van der Waals surface area contributed by atoms with E-state index in [1.54, 1.807) is 11.1 Å². The lowest BCUT2D eigenvalue weighted by Crippen LogP contribution is -2.44. The topological polar surface area (TPSA) is 62.5 Å². The fraction of sp³-hybridized carbons (Fsp3) is 0.440. The van der Waals surface area contributed by atoms with E-state index in [9.17, 15) is 5.26 Å². The highest BCUT2D eigenvalue weighted by Gasteiger charge is 2.48. The molecule has 4 aromatic carbocycles. The summed E-state index contributed by atoms with van der Waals surface area (Å²) >= 11 is 0. The van der Waals surface area contributed by atoms with Gasteiger partial charge in [-0.1, -0.05) is 100 Å². The van der Waals surface area contributed by atoms with E-state index in [4.69, 9.17) is 15.0 Å². The zero-order chi connectivity index (χ0) is 37.0. The van der Waals surface area contributed by atoms with E-state index in [1.807, 2.05) is 30.3 Å². The Kier molecular flexibility index (Phi) is 9.04. The molecule has 0 aliphatic heterocycles. The first-order chi connectivity index (χ1) is 26.2. The van der Waals surface area contributed by atoms with Crippen LogP contribution in [0.3, 0.4) is 0 Å². The third kappa shape index (κ3) is 6.59. The van der Waals surface area contributed by atoms with Crippen LogP contribution < -0.4 is 0 Å². The second kappa shape index (κ2) is 13.9. The summed E-state index contributed by atoms with van der Waals surface area (Å²) < 4.78 is 0. The Morgan fingerprint density at radius 2 is 0.944 bits per heavy atom. The third-order valence-corrected chi connectivity index (χ3v) is 13.8. The molecule has 4 saturated carbocycles. The Hall–Kier alpha value is -4.62. The molecule has 4 fully saturated rings. The summed E-state index contributed by atoms with van der Waals surface area (Å²) in [6.07, 6.45) is 13.2. The molecule has 54 heavy (non-hydrogen) atoms. The number of hydrogen-bond acceptors (Lipinski definition) is 4. The predicted molar refractivity (Wildman–Crippen MR) is 219 cm³/mol. The van der Waals surface area contributed by atoms with Gasteiger partial charge in [-0.05, 0) is 157 Å². The van der Waals surface area contributed by atoms with Crippen molar-refractivity contribution < 1.29 is 0 Å². The number of hydrogen-bond donors (Lipinski definition) is 0. The van der Waals surface area contributed by atoms with E-state index in [0.29, 0.717) is 17.2 Å². The molecule has 2 unspecified atom stereocenters. The maximum Gasteiger partial charge on any atom is 0.164 e.